The van der Waals surface area contributed by atoms with Gasteiger partial charge in [0.25, 0.3) is 0 Å². The standard InChI is InChI=1S/C4H9NO3/c6-2-1-5-3-4(7)8/h5-6H,1-3H2,(H,7,8)/i/hT. The van der Waals surface area contributed by atoms with Crippen molar-refractivity contribution >= 4 is 5.97 Å². The van der Waals surface area contributed by atoms with Gasteiger partial charge in [0, 0.05) is 6.54 Å². The molecule has 0 aromatic carbocycles. The third-order valence-electron chi connectivity index (χ3n) is 0.505. The van der Waals surface area contributed by atoms with Gasteiger partial charge in [0.1, 0.15) is 1.41 Å². The van der Waals surface area contributed by atoms with Crippen molar-refractivity contribution in [3.05, 3.63) is 0 Å². The van der Waals surface area contributed by atoms with E-state index in [-0.39, 0.29) is 19.7 Å². The molecule has 0 aliphatic rings. The van der Waals surface area contributed by atoms with Crippen LogP contribution in [0.4, 0.5) is 0 Å². The quantitative estimate of drug-likeness (QED) is 0.430. The first-order valence-electron chi connectivity index (χ1n) is 2.68. The van der Waals surface area contributed by atoms with E-state index in [4.69, 9.17) is 11.6 Å². The second-order valence-electron chi connectivity index (χ2n) is 1.22. The molecule has 0 rings (SSSR count). The number of carbonyl (C=O) groups is 1. The van der Waals surface area contributed by atoms with E-state index in [1.165, 1.54) is 0 Å². The smallest absolute Gasteiger partial charge is 0.317 e. The second kappa shape index (κ2) is 4.55. The largest absolute Gasteiger partial charge is 0.480 e. The Morgan fingerprint density at radius 2 is 2.50 bits per heavy atom. The van der Waals surface area contributed by atoms with E-state index in [0.29, 0.717) is 0 Å². The highest BCUT2D eigenvalue weighted by Crippen LogP contribution is 1.58. The average molecular weight is 121 g/mol. The van der Waals surface area contributed by atoms with Gasteiger partial charge in [0.05, 0.1) is 13.2 Å². The summed E-state index contributed by atoms with van der Waals surface area (Å²) in [4.78, 5) is 9.84. The SMILES string of the molecule is [3H]N(CCO)CC(=O)O. The molecule has 0 aliphatic carbocycles. The van der Waals surface area contributed by atoms with Crippen LogP contribution in [-0.4, -0.2) is 35.9 Å². The number of hydrogen-bond acceptors (Lipinski definition) is 3. The zero-order chi connectivity index (χ0) is 7.28. The predicted molar refractivity (Wildman–Crippen MR) is 27.6 cm³/mol. The lowest BCUT2D eigenvalue weighted by Gasteiger charge is -1.93. The molecule has 0 saturated heterocycles. The Balaban J connectivity index is 3.26. The summed E-state index contributed by atoms with van der Waals surface area (Å²) in [6.07, 6.45) is 0. The number of aliphatic hydroxyl groups excluding tert-OH is 1. The van der Waals surface area contributed by atoms with Crippen LogP contribution >= 0.6 is 0 Å². The van der Waals surface area contributed by atoms with Crippen molar-refractivity contribution in [1.82, 2.24) is 5.31 Å². The van der Waals surface area contributed by atoms with Crippen molar-refractivity contribution in [3.63, 3.8) is 0 Å². The van der Waals surface area contributed by atoms with Gasteiger partial charge in [-0.05, 0) is 0 Å². The molecular formula is C4H9NO3. The Morgan fingerprint density at radius 3 is 2.88 bits per heavy atom. The van der Waals surface area contributed by atoms with E-state index in [2.05, 4.69) is 0 Å². The number of aliphatic carboxylic acids is 1. The first-order chi connectivity index (χ1) is 4.16. The van der Waals surface area contributed by atoms with Gasteiger partial charge in [0.15, 0.2) is 0 Å². The zero-order valence-electron chi connectivity index (χ0n) is 5.37. The summed E-state index contributed by atoms with van der Waals surface area (Å²) in [6.45, 7) is -0.455. The predicted octanol–water partition coefficient (Wildman–Crippen LogP) is -1.35. The van der Waals surface area contributed by atoms with Crippen LogP contribution in [0.15, 0.2) is 0 Å². The highest BCUT2D eigenvalue weighted by atomic mass is 16.4. The zero-order valence-corrected chi connectivity index (χ0v) is 4.37. The van der Waals surface area contributed by atoms with Gasteiger partial charge in [-0.1, -0.05) is 0 Å². The van der Waals surface area contributed by atoms with E-state index < -0.39 is 5.97 Å². The van der Waals surface area contributed by atoms with Crippen LogP contribution in [0.25, 0.3) is 0 Å². The number of carboxylic acid groups (broad SMARTS) is 1. The first-order valence-corrected chi connectivity index (χ1v) is 2.23. The number of aliphatic hydroxyl groups is 1. The van der Waals surface area contributed by atoms with Crippen molar-refractivity contribution in [1.29, 1.82) is 0 Å². The molecule has 0 aromatic rings. The van der Waals surface area contributed by atoms with Gasteiger partial charge >= 0.3 is 5.97 Å². The molecule has 0 unspecified atom stereocenters. The highest BCUT2D eigenvalue weighted by Gasteiger charge is 1.91. The Labute approximate surface area is 48.6 Å². The maximum atomic E-state index is 9.84. The van der Waals surface area contributed by atoms with Gasteiger partial charge in [-0.3, -0.25) is 4.79 Å². The van der Waals surface area contributed by atoms with Crippen LogP contribution < -0.4 is 5.31 Å². The minimum Gasteiger partial charge on any atom is -0.480 e. The fourth-order valence-electron chi connectivity index (χ4n) is 0.245. The minimum atomic E-state index is -1.06. The number of rotatable bonds is 4. The normalized spacial score (nSPS) is 11.5. The fourth-order valence-corrected chi connectivity index (χ4v) is 0.245. The molecule has 0 saturated carbocycles. The molecule has 0 amide bonds. The third kappa shape index (κ3) is 5.39. The molecule has 0 atom stereocenters. The first kappa shape index (κ1) is 5.53. The summed E-state index contributed by atoms with van der Waals surface area (Å²) < 4.78 is 6.79. The molecule has 0 bridgehead atoms. The molecule has 0 aliphatic heterocycles. The molecule has 0 radical (unpaired) electrons. The molecule has 0 spiro atoms. The van der Waals surface area contributed by atoms with Crippen LogP contribution in [-0.2, 0) is 4.79 Å². The summed E-state index contributed by atoms with van der Waals surface area (Å²) in [5, 5.41) is 17.0. The summed E-state index contributed by atoms with van der Waals surface area (Å²) >= 11 is 0. The van der Waals surface area contributed by atoms with Crippen molar-refractivity contribution < 1.29 is 16.4 Å². The Kier molecular flexibility index (Phi) is 3.14. The van der Waals surface area contributed by atoms with Gasteiger partial charge in [-0.25, -0.2) is 0 Å². The fraction of sp³-hybridized carbons (Fsp3) is 0.750. The topological polar surface area (TPSA) is 69.6 Å². The van der Waals surface area contributed by atoms with Crippen molar-refractivity contribution in [3.8, 4) is 0 Å². The lowest BCUT2D eigenvalue weighted by molar-refractivity contribution is -0.135. The molecule has 0 aromatic heterocycles. The van der Waals surface area contributed by atoms with Crippen LogP contribution in [0.2, 0.25) is 1.41 Å². The van der Waals surface area contributed by atoms with Crippen molar-refractivity contribution in [2.75, 3.05) is 19.7 Å². The summed E-state index contributed by atoms with van der Waals surface area (Å²) in [5.74, 6) is -1.06. The highest BCUT2D eigenvalue weighted by molar-refractivity contribution is 5.68. The molecule has 3 N–H and O–H groups in total. The minimum absolute atomic E-state index is 0.0757. The van der Waals surface area contributed by atoms with Gasteiger partial charge in [0.2, 0.25) is 0 Å². The maximum Gasteiger partial charge on any atom is 0.317 e. The maximum absolute atomic E-state index is 9.84. The van der Waals surface area contributed by atoms with Gasteiger partial charge < -0.3 is 15.5 Å². The van der Waals surface area contributed by atoms with E-state index in [9.17, 15) is 4.79 Å². The number of nitrogens with one attached hydrogen (secondary N) is 1. The molecule has 8 heavy (non-hydrogen) atoms. The molecule has 4 heteroatoms. The van der Waals surface area contributed by atoms with Crippen LogP contribution in [0.3, 0.4) is 0 Å². The lowest BCUT2D eigenvalue weighted by atomic mass is 10.6. The second-order valence-corrected chi connectivity index (χ2v) is 1.22. The molecule has 0 heterocycles. The molecule has 48 valence electrons. The summed E-state index contributed by atoms with van der Waals surface area (Å²) in [5.41, 5.74) is 0. The van der Waals surface area contributed by atoms with Gasteiger partial charge in [-0.15, -0.1) is 0 Å². The van der Waals surface area contributed by atoms with Crippen molar-refractivity contribution in [2.45, 2.75) is 0 Å². The molecule has 4 nitrogen and oxygen atoms in total. The Morgan fingerprint density at radius 1 is 1.88 bits per heavy atom. The van der Waals surface area contributed by atoms with E-state index in [1.807, 2.05) is 0 Å². The van der Waals surface area contributed by atoms with E-state index in [1.54, 1.807) is 0 Å². The van der Waals surface area contributed by atoms with Crippen LogP contribution in [0.5, 0.6) is 0 Å². The number of carboxylic acids is 1. The summed E-state index contributed by atoms with van der Waals surface area (Å²) in [6, 6.07) is 0. The van der Waals surface area contributed by atoms with E-state index >= 15 is 0 Å². The lowest BCUT2D eigenvalue weighted by Crippen LogP contribution is -2.25. The number of hydrogen-bond donors (Lipinski definition) is 3. The van der Waals surface area contributed by atoms with Crippen LogP contribution in [0.1, 0.15) is 0 Å². The average Bonchev–Trinajstić information content (AvgIpc) is 1.63. The summed E-state index contributed by atoms with van der Waals surface area (Å²) in [7, 11) is 0. The van der Waals surface area contributed by atoms with Crippen molar-refractivity contribution in [2.24, 2.45) is 0 Å². The Bertz CT molecular complexity index is 97.8. The Hall–Kier alpha value is -0.610. The van der Waals surface area contributed by atoms with Crippen LogP contribution in [0, 0.1) is 0 Å². The monoisotopic (exact) mass is 121 g/mol. The van der Waals surface area contributed by atoms with E-state index in [0.717, 1.165) is 5.31 Å². The molecular weight excluding hydrogens is 110 g/mol. The van der Waals surface area contributed by atoms with Gasteiger partial charge in [-0.2, -0.15) is 0 Å². The third-order valence-corrected chi connectivity index (χ3v) is 0.505. The molecule has 0 fully saturated rings.